The number of nitrogens with zero attached hydrogens (tertiary/aromatic N) is 1. The van der Waals surface area contributed by atoms with E-state index in [2.05, 4.69) is 10.8 Å². The molecule has 1 aliphatic carbocycles. The predicted molar refractivity (Wildman–Crippen MR) is 104 cm³/mol. The van der Waals surface area contributed by atoms with Crippen LogP contribution in [0, 0.1) is 16.7 Å². The van der Waals surface area contributed by atoms with Crippen molar-refractivity contribution in [1.29, 1.82) is 5.26 Å². The van der Waals surface area contributed by atoms with Crippen molar-refractivity contribution in [2.45, 2.75) is 19.1 Å². The SMILES string of the molecule is N#CC1(COC(=O)C(OC(F)F)c2ccccc2)C=CC=C(Oc2ccccc2)C1. The molecule has 1 aliphatic rings. The van der Waals surface area contributed by atoms with E-state index < -0.39 is 24.1 Å². The highest BCUT2D eigenvalue weighted by atomic mass is 19.3. The number of benzene rings is 2. The maximum absolute atomic E-state index is 12.8. The highest BCUT2D eigenvalue weighted by molar-refractivity contribution is 5.76. The molecule has 0 N–H and O–H groups in total. The molecule has 2 unspecified atom stereocenters. The first-order chi connectivity index (χ1) is 14.5. The second-order valence-corrected chi connectivity index (χ2v) is 6.65. The van der Waals surface area contributed by atoms with Gasteiger partial charge in [0.05, 0.1) is 6.07 Å². The second-order valence-electron chi connectivity index (χ2n) is 6.65. The molecule has 0 saturated heterocycles. The van der Waals surface area contributed by atoms with Crippen LogP contribution in [-0.2, 0) is 14.3 Å². The van der Waals surface area contributed by atoms with E-state index in [0.717, 1.165) is 0 Å². The molecule has 3 rings (SSSR count). The Morgan fingerprint density at radius 1 is 1.10 bits per heavy atom. The van der Waals surface area contributed by atoms with Gasteiger partial charge in [0.1, 0.15) is 23.5 Å². The molecular formula is C23H19F2NO4. The molecule has 2 aromatic rings. The first-order valence-electron chi connectivity index (χ1n) is 9.19. The molecule has 154 valence electrons. The van der Waals surface area contributed by atoms with Crippen LogP contribution >= 0.6 is 0 Å². The second kappa shape index (κ2) is 9.81. The number of ether oxygens (including phenoxy) is 3. The fourth-order valence-corrected chi connectivity index (χ4v) is 2.96. The van der Waals surface area contributed by atoms with Crippen LogP contribution in [0.4, 0.5) is 8.78 Å². The maximum Gasteiger partial charge on any atom is 0.346 e. The molecule has 0 bridgehead atoms. The van der Waals surface area contributed by atoms with Gasteiger partial charge in [0.2, 0.25) is 0 Å². The minimum Gasteiger partial charge on any atom is -0.462 e. The highest BCUT2D eigenvalue weighted by Crippen LogP contribution is 2.33. The Kier molecular flexibility index (Phi) is 6.94. The number of para-hydroxylation sites is 1. The third-order valence-corrected chi connectivity index (χ3v) is 4.43. The monoisotopic (exact) mass is 411 g/mol. The molecule has 0 spiro atoms. The van der Waals surface area contributed by atoms with Crippen LogP contribution in [-0.4, -0.2) is 19.2 Å². The normalized spacial score (nSPS) is 18.9. The zero-order valence-corrected chi connectivity index (χ0v) is 15.9. The summed E-state index contributed by atoms with van der Waals surface area (Å²) in [6.07, 6.45) is 3.53. The Balaban J connectivity index is 1.68. The summed E-state index contributed by atoms with van der Waals surface area (Å²) in [5, 5.41) is 9.71. The Morgan fingerprint density at radius 3 is 2.40 bits per heavy atom. The summed E-state index contributed by atoms with van der Waals surface area (Å²) in [6.45, 7) is -3.49. The number of alkyl halides is 2. The summed E-state index contributed by atoms with van der Waals surface area (Å²) in [5.74, 6) is 0.131. The minimum absolute atomic E-state index is 0.161. The van der Waals surface area contributed by atoms with Gasteiger partial charge in [-0.1, -0.05) is 60.7 Å². The van der Waals surface area contributed by atoms with Gasteiger partial charge in [-0.2, -0.15) is 14.0 Å². The predicted octanol–water partition coefficient (Wildman–Crippen LogP) is 4.94. The van der Waals surface area contributed by atoms with Gasteiger partial charge in [0.25, 0.3) is 0 Å². The van der Waals surface area contributed by atoms with E-state index in [1.54, 1.807) is 48.6 Å². The van der Waals surface area contributed by atoms with Crippen molar-refractivity contribution in [1.82, 2.24) is 0 Å². The van der Waals surface area contributed by atoms with E-state index in [-0.39, 0.29) is 18.6 Å². The lowest BCUT2D eigenvalue weighted by molar-refractivity contribution is -0.194. The molecule has 0 fully saturated rings. The lowest BCUT2D eigenvalue weighted by atomic mass is 9.83. The first-order valence-corrected chi connectivity index (χ1v) is 9.19. The molecule has 0 aromatic heterocycles. The quantitative estimate of drug-likeness (QED) is 0.576. The molecule has 5 nitrogen and oxygen atoms in total. The van der Waals surface area contributed by atoms with E-state index in [4.69, 9.17) is 9.47 Å². The number of rotatable bonds is 8. The van der Waals surface area contributed by atoms with Gasteiger partial charge in [-0.15, -0.1) is 0 Å². The number of hydrogen-bond acceptors (Lipinski definition) is 5. The number of allylic oxidation sites excluding steroid dienone is 3. The Labute approximate surface area is 172 Å². The minimum atomic E-state index is -3.16. The molecule has 0 aliphatic heterocycles. The van der Waals surface area contributed by atoms with Crippen LogP contribution in [0.2, 0.25) is 0 Å². The van der Waals surface area contributed by atoms with Crippen molar-refractivity contribution in [3.63, 3.8) is 0 Å². The van der Waals surface area contributed by atoms with Crippen LogP contribution < -0.4 is 4.74 Å². The van der Waals surface area contributed by atoms with E-state index in [9.17, 15) is 18.8 Å². The van der Waals surface area contributed by atoms with Crippen LogP contribution in [0.15, 0.2) is 84.7 Å². The van der Waals surface area contributed by atoms with Crippen LogP contribution in [0.3, 0.4) is 0 Å². The summed E-state index contributed by atoms with van der Waals surface area (Å²) in [7, 11) is 0. The maximum atomic E-state index is 12.8. The fraction of sp³-hybridized carbons (Fsp3) is 0.217. The molecular weight excluding hydrogens is 392 g/mol. The summed E-state index contributed by atoms with van der Waals surface area (Å²) in [6, 6.07) is 19.0. The summed E-state index contributed by atoms with van der Waals surface area (Å²) in [5.41, 5.74) is -0.943. The molecule has 7 heteroatoms. The molecule has 2 aromatic carbocycles. The van der Waals surface area contributed by atoms with Crippen molar-refractivity contribution in [3.8, 4) is 11.8 Å². The smallest absolute Gasteiger partial charge is 0.346 e. The summed E-state index contributed by atoms with van der Waals surface area (Å²) in [4.78, 5) is 12.5. The number of hydrogen-bond donors (Lipinski definition) is 0. The van der Waals surface area contributed by atoms with Gasteiger partial charge in [0, 0.05) is 6.42 Å². The average Bonchev–Trinajstić information content (AvgIpc) is 2.77. The zero-order chi connectivity index (χ0) is 21.4. The largest absolute Gasteiger partial charge is 0.462 e. The summed E-state index contributed by atoms with van der Waals surface area (Å²) < 4.78 is 41.1. The third-order valence-electron chi connectivity index (χ3n) is 4.43. The third kappa shape index (κ3) is 5.52. The zero-order valence-electron chi connectivity index (χ0n) is 15.9. The van der Waals surface area contributed by atoms with Crippen molar-refractivity contribution >= 4 is 5.97 Å². The van der Waals surface area contributed by atoms with Gasteiger partial charge < -0.3 is 14.2 Å². The lowest BCUT2D eigenvalue weighted by Crippen LogP contribution is -2.30. The standard InChI is InChI=1S/C23H19F2NO4/c24-22(25)30-20(17-8-3-1-4-9-17)21(27)28-16-23(15-26)13-7-12-19(14-23)29-18-10-5-2-6-11-18/h1-13,20,22H,14,16H2. The van der Waals surface area contributed by atoms with Gasteiger partial charge in [-0.05, 0) is 23.8 Å². The van der Waals surface area contributed by atoms with Crippen LogP contribution in [0.1, 0.15) is 18.1 Å². The van der Waals surface area contributed by atoms with E-state index in [1.165, 1.54) is 12.1 Å². The van der Waals surface area contributed by atoms with Crippen molar-refractivity contribution < 1.29 is 27.8 Å². The number of esters is 1. The van der Waals surface area contributed by atoms with Crippen LogP contribution in [0.25, 0.3) is 0 Å². The number of carbonyl (C=O) groups excluding carboxylic acids is 1. The number of nitriles is 1. The van der Waals surface area contributed by atoms with Gasteiger partial charge in [-0.25, -0.2) is 4.79 Å². The van der Waals surface area contributed by atoms with Crippen molar-refractivity contribution in [3.05, 3.63) is 90.2 Å². The lowest BCUT2D eigenvalue weighted by Gasteiger charge is -2.27. The average molecular weight is 411 g/mol. The molecule has 0 radical (unpaired) electrons. The summed E-state index contributed by atoms with van der Waals surface area (Å²) >= 11 is 0. The van der Waals surface area contributed by atoms with Gasteiger partial charge in [-0.3, -0.25) is 0 Å². The topological polar surface area (TPSA) is 68.5 Å². The first kappa shape index (κ1) is 21.2. The highest BCUT2D eigenvalue weighted by Gasteiger charge is 2.35. The Morgan fingerprint density at radius 2 is 1.77 bits per heavy atom. The van der Waals surface area contributed by atoms with Gasteiger partial charge in [0.15, 0.2) is 6.10 Å². The molecule has 0 heterocycles. The Hall–Kier alpha value is -3.50. The van der Waals surface area contributed by atoms with Crippen LogP contribution in [0.5, 0.6) is 5.75 Å². The van der Waals surface area contributed by atoms with Gasteiger partial charge >= 0.3 is 12.6 Å². The molecule has 30 heavy (non-hydrogen) atoms. The van der Waals surface area contributed by atoms with E-state index >= 15 is 0 Å². The molecule has 0 amide bonds. The van der Waals surface area contributed by atoms with Crippen molar-refractivity contribution in [2.24, 2.45) is 5.41 Å². The van der Waals surface area contributed by atoms with E-state index in [0.29, 0.717) is 11.5 Å². The van der Waals surface area contributed by atoms with Crippen molar-refractivity contribution in [2.75, 3.05) is 6.61 Å². The fourth-order valence-electron chi connectivity index (χ4n) is 2.96. The van der Waals surface area contributed by atoms with E-state index in [1.807, 2.05) is 18.2 Å². The number of carbonyl (C=O) groups is 1. The molecule has 2 atom stereocenters. The number of halogens is 2. The molecule has 0 saturated carbocycles. The Bertz CT molecular complexity index is 954.